The van der Waals surface area contributed by atoms with Crippen molar-refractivity contribution in [1.82, 2.24) is 6.15 Å². The average Bonchev–Trinajstić information content (AvgIpc) is 1.88. The summed E-state index contributed by atoms with van der Waals surface area (Å²) in [6.45, 7) is 8.31. The predicted octanol–water partition coefficient (Wildman–Crippen LogP) is 2.15. The van der Waals surface area contributed by atoms with Gasteiger partial charge in [-0.25, -0.2) is 0 Å². The maximum absolute atomic E-state index is 9.00. The Balaban J connectivity index is -0.000000142. The van der Waals surface area contributed by atoms with Gasteiger partial charge >= 0.3 is 50.9 Å². The molecule has 0 rings (SSSR count). The molecule has 0 heterocycles. The summed E-state index contributed by atoms with van der Waals surface area (Å²) in [4.78, 5) is 9.00. The van der Waals surface area contributed by atoms with Crippen molar-refractivity contribution in [2.45, 2.75) is 17.6 Å². The van der Waals surface area contributed by atoms with E-state index in [0.717, 1.165) is 21.9 Å². The molecule has 12 heavy (non-hydrogen) atoms. The zero-order valence-corrected chi connectivity index (χ0v) is 9.17. The van der Waals surface area contributed by atoms with Crippen LogP contribution in [-0.4, -0.2) is 26.0 Å². The second kappa shape index (κ2) is 16.8. The Morgan fingerprint density at radius 1 is 1.42 bits per heavy atom. The Morgan fingerprint density at radius 2 is 1.67 bits per heavy atom. The molecule has 0 aliphatic heterocycles. The van der Waals surface area contributed by atoms with Crippen molar-refractivity contribution < 1.29 is 9.90 Å². The van der Waals surface area contributed by atoms with Crippen molar-refractivity contribution in [3.63, 3.8) is 0 Å². The number of allylic oxidation sites excluding steroid dienone is 2. The Labute approximate surface area is 80.3 Å². The molecule has 0 aromatic carbocycles. The van der Waals surface area contributed by atoms with Crippen molar-refractivity contribution >= 4 is 20.9 Å². The van der Waals surface area contributed by atoms with Crippen LogP contribution in [0.15, 0.2) is 25.3 Å². The normalized spacial score (nSPS) is 6.75. The Morgan fingerprint density at radius 3 is 1.83 bits per heavy atom. The molecular formula is C8H17NO2Se. The van der Waals surface area contributed by atoms with E-state index in [1.54, 1.807) is 0 Å². The summed E-state index contributed by atoms with van der Waals surface area (Å²) in [7, 11) is 0. The minimum Gasteiger partial charge on any atom is -0.481 e. The molecule has 0 amide bonds. The molecule has 0 saturated heterocycles. The Bertz CT molecular complexity index is 114. The van der Waals surface area contributed by atoms with Crippen LogP contribution in [0.25, 0.3) is 0 Å². The number of carboxylic acids is 1. The van der Waals surface area contributed by atoms with Gasteiger partial charge in [0.15, 0.2) is 0 Å². The van der Waals surface area contributed by atoms with Gasteiger partial charge in [-0.15, -0.1) is 0 Å². The topological polar surface area (TPSA) is 72.3 Å². The molecule has 0 aliphatic carbocycles. The number of rotatable bonds is 4. The zero-order valence-electron chi connectivity index (χ0n) is 7.45. The van der Waals surface area contributed by atoms with Crippen molar-refractivity contribution in [3.8, 4) is 0 Å². The number of carbonyl (C=O) groups is 1. The fourth-order valence-corrected chi connectivity index (χ4v) is 1.22. The maximum atomic E-state index is 9.00. The van der Waals surface area contributed by atoms with Crippen LogP contribution in [0.3, 0.4) is 0 Å². The molecule has 0 aromatic heterocycles. The van der Waals surface area contributed by atoms with E-state index in [1.165, 1.54) is 10.6 Å². The number of hydrogen-bond donors (Lipinski definition) is 2. The zero-order chi connectivity index (χ0) is 9.11. The van der Waals surface area contributed by atoms with Crippen LogP contribution < -0.4 is 6.15 Å². The molecule has 0 radical (unpaired) electrons. The summed E-state index contributed by atoms with van der Waals surface area (Å²) in [5.41, 5.74) is 0. The minimum absolute atomic E-state index is 0. The van der Waals surface area contributed by atoms with Gasteiger partial charge in [0.2, 0.25) is 0 Å². The van der Waals surface area contributed by atoms with Crippen LogP contribution in [0.5, 0.6) is 0 Å². The Kier molecular flexibility index (Phi) is 24.5. The van der Waals surface area contributed by atoms with Gasteiger partial charge in [-0.1, -0.05) is 0 Å². The Hall–Kier alpha value is -0.571. The predicted molar refractivity (Wildman–Crippen MR) is 54.1 cm³/mol. The summed E-state index contributed by atoms with van der Waals surface area (Å²) in [5.74, 6) is -0.833. The van der Waals surface area contributed by atoms with Gasteiger partial charge in [0, 0.05) is 6.92 Å². The van der Waals surface area contributed by atoms with Crippen LogP contribution in [0.2, 0.25) is 10.6 Å². The van der Waals surface area contributed by atoms with Crippen LogP contribution in [0.4, 0.5) is 0 Å². The second-order valence-corrected chi connectivity index (χ2v) is 3.89. The quantitative estimate of drug-likeness (QED) is 0.447. The van der Waals surface area contributed by atoms with Crippen LogP contribution in [0, 0.1) is 0 Å². The van der Waals surface area contributed by atoms with E-state index >= 15 is 0 Å². The van der Waals surface area contributed by atoms with E-state index in [9.17, 15) is 0 Å². The third kappa shape index (κ3) is 57.0. The minimum atomic E-state index is -0.833. The monoisotopic (exact) mass is 239 g/mol. The van der Waals surface area contributed by atoms with E-state index in [-0.39, 0.29) is 6.15 Å². The third-order valence-corrected chi connectivity index (χ3v) is 2.45. The molecule has 3 nitrogen and oxygen atoms in total. The molecule has 0 fully saturated rings. The fraction of sp³-hybridized carbons (Fsp3) is 0.375. The molecule has 4 N–H and O–H groups in total. The van der Waals surface area contributed by atoms with E-state index < -0.39 is 5.97 Å². The van der Waals surface area contributed by atoms with Crippen molar-refractivity contribution in [2.24, 2.45) is 0 Å². The second-order valence-electron chi connectivity index (χ2n) is 1.63. The summed E-state index contributed by atoms with van der Waals surface area (Å²) in [5, 5.41) is 9.78. The van der Waals surface area contributed by atoms with Gasteiger partial charge in [-0.05, 0) is 0 Å². The van der Waals surface area contributed by atoms with Crippen molar-refractivity contribution in [1.29, 1.82) is 0 Å². The van der Waals surface area contributed by atoms with Crippen LogP contribution in [-0.2, 0) is 4.79 Å². The molecule has 72 valence electrons. The van der Waals surface area contributed by atoms with Gasteiger partial charge < -0.3 is 11.3 Å². The van der Waals surface area contributed by atoms with E-state index in [2.05, 4.69) is 13.2 Å². The first kappa shape index (κ1) is 17.5. The van der Waals surface area contributed by atoms with Gasteiger partial charge in [-0.3, -0.25) is 4.79 Å². The first-order valence-corrected chi connectivity index (χ1v) is 5.56. The maximum Gasteiger partial charge on any atom is 0.300 e. The molecule has 4 heteroatoms. The molecule has 0 aromatic rings. The van der Waals surface area contributed by atoms with Crippen LogP contribution in [0.1, 0.15) is 6.92 Å². The smallest absolute Gasteiger partial charge is 0.300 e. The fourth-order valence-electron chi connectivity index (χ4n) is 0.235. The van der Waals surface area contributed by atoms with Gasteiger partial charge in [0.25, 0.3) is 5.97 Å². The molecule has 0 spiro atoms. The number of carboxylic acid groups (broad SMARTS) is 1. The largest absolute Gasteiger partial charge is 0.481 e. The third-order valence-electron chi connectivity index (χ3n) is 0.471. The molecule has 0 unspecified atom stereocenters. The SMILES string of the molecule is C=CC[Se]CC=C.CC(=O)O.N. The summed E-state index contributed by atoms with van der Waals surface area (Å²) in [6.07, 6.45) is 3.92. The van der Waals surface area contributed by atoms with Gasteiger partial charge in [0.1, 0.15) is 0 Å². The standard InChI is InChI=1S/C6H10Se.C2H4O2.H3N/c1-3-5-7-6-4-2;1-2(3)4;/h3-4H,1-2,5-6H2;1H3,(H,3,4);1H3. The van der Waals surface area contributed by atoms with E-state index in [0.29, 0.717) is 0 Å². The van der Waals surface area contributed by atoms with Crippen molar-refractivity contribution in [2.75, 3.05) is 0 Å². The van der Waals surface area contributed by atoms with Gasteiger partial charge in [-0.2, -0.15) is 0 Å². The first-order chi connectivity index (χ1) is 5.15. The molecular weight excluding hydrogens is 221 g/mol. The van der Waals surface area contributed by atoms with E-state index in [1.807, 2.05) is 12.2 Å². The summed E-state index contributed by atoms with van der Waals surface area (Å²) < 4.78 is 0. The number of aliphatic carboxylic acids is 1. The molecule has 0 bridgehead atoms. The molecule has 0 saturated carbocycles. The molecule has 0 atom stereocenters. The number of hydrogen-bond acceptors (Lipinski definition) is 2. The summed E-state index contributed by atoms with van der Waals surface area (Å²) in [6, 6.07) is 0. The summed E-state index contributed by atoms with van der Waals surface area (Å²) >= 11 is 0.740. The first-order valence-electron chi connectivity index (χ1n) is 3.14. The van der Waals surface area contributed by atoms with Gasteiger partial charge in [0.05, 0.1) is 0 Å². The molecule has 0 aliphatic rings. The van der Waals surface area contributed by atoms with E-state index in [4.69, 9.17) is 9.90 Å². The van der Waals surface area contributed by atoms with Crippen molar-refractivity contribution in [3.05, 3.63) is 25.3 Å². The van der Waals surface area contributed by atoms with Crippen LogP contribution >= 0.6 is 0 Å². The average molecular weight is 238 g/mol.